The molecule has 6 heteroatoms. The van der Waals surface area contributed by atoms with E-state index in [0.29, 0.717) is 26.4 Å². The van der Waals surface area contributed by atoms with Crippen molar-refractivity contribution in [1.82, 2.24) is 0 Å². The predicted octanol–water partition coefficient (Wildman–Crippen LogP) is 5.37. The van der Waals surface area contributed by atoms with Gasteiger partial charge in [0.2, 0.25) is 0 Å². The monoisotopic (exact) mass is 446 g/mol. The van der Waals surface area contributed by atoms with Gasteiger partial charge in [0, 0.05) is 50.7 Å². The van der Waals surface area contributed by atoms with Crippen LogP contribution in [0.4, 0.5) is 0 Å². The zero-order chi connectivity index (χ0) is 23.7. The van der Waals surface area contributed by atoms with Gasteiger partial charge >= 0.3 is 0 Å². The first kappa shape index (κ1) is 26.1. The second-order valence-electron chi connectivity index (χ2n) is 8.14. The van der Waals surface area contributed by atoms with Crippen molar-refractivity contribution in [3.05, 3.63) is 57.6 Å². The van der Waals surface area contributed by atoms with Gasteiger partial charge in [-0.25, -0.2) is 0 Å². The molecule has 0 spiro atoms. The van der Waals surface area contributed by atoms with E-state index >= 15 is 0 Å². The molecular formula is C26H38O6. The van der Waals surface area contributed by atoms with Gasteiger partial charge in [0.15, 0.2) is 0 Å². The molecule has 2 unspecified atom stereocenters. The summed E-state index contributed by atoms with van der Waals surface area (Å²) in [5.41, 5.74) is 5.33. The van der Waals surface area contributed by atoms with Gasteiger partial charge in [0.05, 0.1) is 26.4 Å². The first-order chi connectivity index (χ1) is 15.4. The Bertz CT molecular complexity index is 738. The van der Waals surface area contributed by atoms with Gasteiger partial charge in [0.1, 0.15) is 11.5 Å². The van der Waals surface area contributed by atoms with Gasteiger partial charge in [-0.3, -0.25) is 0 Å². The smallest absolute Gasteiger partial charge is 0.126 e. The lowest BCUT2D eigenvalue weighted by molar-refractivity contribution is 0.174. The van der Waals surface area contributed by atoms with E-state index in [1.165, 1.54) is 0 Å². The van der Waals surface area contributed by atoms with E-state index < -0.39 is 0 Å². The van der Waals surface area contributed by atoms with Gasteiger partial charge in [0.25, 0.3) is 0 Å². The number of phenols is 2. The molecule has 0 fully saturated rings. The molecule has 0 aromatic heterocycles. The van der Waals surface area contributed by atoms with Crippen molar-refractivity contribution >= 4 is 0 Å². The molecule has 2 aromatic rings. The number of hydrogen-bond acceptors (Lipinski definition) is 6. The molecule has 2 rings (SSSR count). The van der Waals surface area contributed by atoms with E-state index in [0.717, 1.165) is 46.2 Å². The summed E-state index contributed by atoms with van der Waals surface area (Å²) in [5.74, 6) is 0.883. The van der Waals surface area contributed by atoms with Gasteiger partial charge in [-0.2, -0.15) is 0 Å². The maximum Gasteiger partial charge on any atom is 0.126 e. The molecule has 0 aliphatic carbocycles. The van der Waals surface area contributed by atoms with Crippen LogP contribution in [-0.2, 0) is 45.4 Å². The fourth-order valence-electron chi connectivity index (χ4n) is 4.57. The van der Waals surface area contributed by atoms with Crippen LogP contribution >= 0.6 is 0 Å². The van der Waals surface area contributed by atoms with Crippen molar-refractivity contribution in [2.75, 3.05) is 28.4 Å². The van der Waals surface area contributed by atoms with Crippen LogP contribution < -0.4 is 0 Å². The number of hydrogen-bond donors (Lipinski definition) is 2. The lowest BCUT2D eigenvalue weighted by atomic mass is 9.76. The predicted molar refractivity (Wildman–Crippen MR) is 125 cm³/mol. The highest BCUT2D eigenvalue weighted by Gasteiger charge is 2.26. The fraction of sp³-hybridized carbons (Fsp3) is 0.538. The third-order valence-corrected chi connectivity index (χ3v) is 6.00. The number of phenolic OH excluding ortho intramolecular Hbond substituents is 2. The molecule has 0 saturated heterocycles. The van der Waals surface area contributed by atoms with E-state index in [1.54, 1.807) is 28.4 Å². The van der Waals surface area contributed by atoms with Crippen molar-refractivity contribution in [2.24, 2.45) is 0 Å². The minimum atomic E-state index is 0.210. The summed E-state index contributed by atoms with van der Waals surface area (Å²) < 4.78 is 21.3. The van der Waals surface area contributed by atoms with Gasteiger partial charge < -0.3 is 29.2 Å². The van der Waals surface area contributed by atoms with E-state index in [4.69, 9.17) is 18.9 Å². The van der Waals surface area contributed by atoms with Crippen LogP contribution in [0.15, 0.2) is 24.3 Å². The Hall–Kier alpha value is -2.12. The summed E-state index contributed by atoms with van der Waals surface area (Å²) in [5, 5.41) is 21.3. The summed E-state index contributed by atoms with van der Waals surface area (Å²) in [6.07, 6.45) is 1.84. The molecule has 32 heavy (non-hydrogen) atoms. The van der Waals surface area contributed by atoms with Crippen molar-refractivity contribution in [3.63, 3.8) is 0 Å². The van der Waals surface area contributed by atoms with Crippen LogP contribution in [0.2, 0.25) is 0 Å². The largest absolute Gasteiger partial charge is 0.507 e. The molecule has 0 radical (unpaired) electrons. The average Bonchev–Trinajstić information content (AvgIpc) is 2.78. The van der Waals surface area contributed by atoms with Crippen molar-refractivity contribution in [1.29, 1.82) is 0 Å². The summed E-state index contributed by atoms with van der Waals surface area (Å²) >= 11 is 0. The molecule has 2 N–H and O–H groups in total. The lowest BCUT2D eigenvalue weighted by Crippen LogP contribution is -2.13. The van der Waals surface area contributed by atoms with Crippen LogP contribution in [0.3, 0.4) is 0 Å². The molecular weight excluding hydrogens is 408 g/mol. The Morgan fingerprint density at radius 3 is 1.00 bits per heavy atom. The highest BCUT2D eigenvalue weighted by atomic mass is 16.5. The molecule has 2 aromatic carbocycles. The van der Waals surface area contributed by atoms with Gasteiger partial charge in [-0.15, -0.1) is 0 Å². The minimum Gasteiger partial charge on any atom is -0.507 e. The number of ether oxygens (including phenoxy) is 4. The maximum absolute atomic E-state index is 10.6. The number of rotatable bonds is 13. The summed E-state index contributed by atoms with van der Waals surface area (Å²) in [6.45, 7) is 5.69. The molecule has 0 saturated carbocycles. The summed E-state index contributed by atoms with van der Waals surface area (Å²) in [6, 6.07) is 8.17. The van der Waals surface area contributed by atoms with Gasteiger partial charge in [-0.1, -0.05) is 13.8 Å². The fourth-order valence-corrected chi connectivity index (χ4v) is 4.57. The Morgan fingerprint density at radius 2 is 0.812 bits per heavy atom. The van der Waals surface area contributed by atoms with Crippen molar-refractivity contribution in [3.8, 4) is 11.5 Å². The average molecular weight is 447 g/mol. The highest BCUT2D eigenvalue weighted by Crippen LogP contribution is 2.42. The first-order valence-corrected chi connectivity index (χ1v) is 11.1. The normalized spacial score (nSPS) is 13.3. The van der Waals surface area contributed by atoms with Crippen LogP contribution in [0.25, 0.3) is 0 Å². The van der Waals surface area contributed by atoms with E-state index in [2.05, 4.69) is 13.8 Å². The van der Waals surface area contributed by atoms with Crippen LogP contribution in [0, 0.1) is 0 Å². The molecule has 0 heterocycles. The number of methoxy groups -OCH3 is 4. The molecule has 178 valence electrons. The van der Waals surface area contributed by atoms with E-state index in [1.807, 2.05) is 24.3 Å². The Kier molecular flexibility index (Phi) is 10.5. The SMILES string of the molecule is CCC(c1cc(COC)c(O)c(COC)c1)C(CC)c1cc(COC)c(O)c(COC)c1. The Balaban J connectivity index is 2.59. The second-order valence-corrected chi connectivity index (χ2v) is 8.14. The third kappa shape index (κ3) is 6.01. The standard InChI is InChI=1S/C26H38O6/c1-7-23(17-9-19(13-29-3)25(27)20(10-17)14-30-4)24(8-2)18-11-21(15-31-5)26(28)22(12-18)16-32-6/h9-12,23-24,27-28H,7-8,13-16H2,1-6H3. The molecule has 0 aliphatic heterocycles. The lowest BCUT2D eigenvalue weighted by Gasteiger charge is -2.29. The first-order valence-electron chi connectivity index (χ1n) is 11.1. The quantitative estimate of drug-likeness (QED) is 0.431. The minimum absolute atomic E-state index is 0.210. The molecule has 0 bridgehead atoms. The topological polar surface area (TPSA) is 77.4 Å². The van der Waals surface area contributed by atoms with E-state index in [9.17, 15) is 10.2 Å². The molecule has 2 atom stereocenters. The van der Waals surface area contributed by atoms with E-state index in [-0.39, 0.29) is 23.3 Å². The summed E-state index contributed by atoms with van der Waals surface area (Å²) in [4.78, 5) is 0. The number of aromatic hydroxyl groups is 2. The third-order valence-electron chi connectivity index (χ3n) is 6.00. The maximum atomic E-state index is 10.6. The molecule has 0 aliphatic rings. The zero-order valence-electron chi connectivity index (χ0n) is 20.2. The second kappa shape index (κ2) is 12.8. The molecule has 6 nitrogen and oxygen atoms in total. The van der Waals surface area contributed by atoms with Gasteiger partial charge in [-0.05, 0) is 60.1 Å². The molecule has 0 amide bonds. The van der Waals surface area contributed by atoms with Crippen LogP contribution in [0.1, 0.15) is 71.9 Å². The number of benzene rings is 2. The zero-order valence-corrected chi connectivity index (χ0v) is 20.2. The van der Waals surface area contributed by atoms with Crippen LogP contribution in [0.5, 0.6) is 11.5 Å². The summed E-state index contributed by atoms with van der Waals surface area (Å²) in [7, 11) is 6.50. The Morgan fingerprint density at radius 1 is 0.562 bits per heavy atom. The Labute approximate surface area is 192 Å². The van der Waals surface area contributed by atoms with Crippen LogP contribution in [-0.4, -0.2) is 38.7 Å². The highest BCUT2D eigenvalue weighted by molar-refractivity contribution is 5.48. The van der Waals surface area contributed by atoms with Crippen molar-refractivity contribution < 1.29 is 29.2 Å². The van der Waals surface area contributed by atoms with Crippen molar-refractivity contribution in [2.45, 2.75) is 65.0 Å².